The second-order valence-electron chi connectivity index (χ2n) is 4.70. The Bertz CT molecular complexity index is 361. The van der Waals surface area contributed by atoms with E-state index in [2.05, 4.69) is 38.7 Å². The van der Waals surface area contributed by atoms with Gasteiger partial charge in [-0.25, -0.2) is 0 Å². The van der Waals surface area contributed by atoms with Crippen LogP contribution in [0.2, 0.25) is 0 Å². The molecule has 0 heterocycles. The molecule has 0 saturated carbocycles. The van der Waals surface area contributed by atoms with Crippen LogP contribution < -0.4 is 4.90 Å². The normalized spacial score (nSPS) is 10.9. The van der Waals surface area contributed by atoms with Gasteiger partial charge in [-0.3, -0.25) is 4.79 Å². The Morgan fingerprint density at radius 3 is 2.12 bits per heavy atom. The van der Waals surface area contributed by atoms with Crippen molar-refractivity contribution in [1.29, 1.82) is 0 Å². The van der Waals surface area contributed by atoms with Crippen molar-refractivity contribution in [3.05, 3.63) is 29.8 Å². The van der Waals surface area contributed by atoms with Crippen LogP contribution in [-0.4, -0.2) is 17.9 Å². The van der Waals surface area contributed by atoms with Gasteiger partial charge in [0.15, 0.2) is 5.78 Å². The molecule has 0 saturated heterocycles. The van der Waals surface area contributed by atoms with Crippen LogP contribution in [0.4, 0.5) is 5.69 Å². The van der Waals surface area contributed by atoms with Crippen molar-refractivity contribution in [3.8, 4) is 0 Å². The van der Waals surface area contributed by atoms with Gasteiger partial charge in [-0.2, -0.15) is 0 Å². The van der Waals surface area contributed by atoms with Crippen molar-refractivity contribution in [1.82, 2.24) is 0 Å². The fraction of sp³-hybridized carbons (Fsp3) is 0.500. The molecule has 1 rings (SSSR count). The van der Waals surface area contributed by atoms with E-state index in [0.29, 0.717) is 12.1 Å². The molecule has 0 aromatic heterocycles. The Hall–Kier alpha value is -1.31. The number of ketones is 1. The average molecular weight is 219 g/mol. The van der Waals surface area contributed by atoms with Crippen LogP contribution in [0.25, 0.3) is 0 Å². The monoisotopic (exact) mass is 219 g/mol. The molecule has 0 fully saturated rings. The maximum Gasteiger partial charge on any atom is 0.159 e. The van der Waals surface area contributed by atoms with Crippen molar-refractivity contribution in [3.63, 3.8) is 0 Å². The zero-order chi connectivity index (χ0) is 12.3. The van der Waals surface area contributed by atoms with Gasteiger partial charge in [-0.15, -0.1) is 0 Å². The fourth-order valence-electron chi connectivity index (χ4n) is 2.08. The first-order chi connectivity index (χ1) is 7.43. The number of Topliss-reactive ketones (excluding diaryl/α,β-unsaturated/α-hetero) is 1. The number of anilines is 1. The molecule has 0 N–H and O–H groups in total. The van der Waals surface area contributed by atoms with E-state index in [0.717, 1.165) is 11.3 Å². The van der Waals surface area contributed by atoms with Crippen molar-refractivity contribution < 1.29 is 4.79 Å². The molecule has 1 aromatic rings. The first-order valence-electron chi connectivity index (χ1n) is 5.82. The van der Waals surface area contributed by atoms with Gasteiger partial charge >= 0.3 is 0 Å². The molecule has 0 atom stereocenters. The standard InChI is InChI=1S/C14H21NO/c1-10(2)15(11(3)4)14-8-6-7-13(9-14)12(5)16/h6-11H,1-5H3. The Labute approximate surface area is 98.3 Å². The summed E-state index contributed by atoms with van der Waals surface area (Å²) in [5, 5.41) is 0. The summed E-state index contributed by atoms with van der Waals surface area (Å²) in [6.45, 7) is 10.3. The predicted octanol–water partition coefficient (Wildman–Crippen LogP) is 3.51. The smallest absolute Gasteiger partial charge is 0.159 e. The van der Waals surface area contributed by atoms with Crippen LogP contribution in [0.3, 0.4) is 0 Å². The third kappa shape index (κ3) is 2.84. The number of nitrogens with zero attached hydrogens (tertiary/aromatic N) is 1. The lowest BCUT2D eigenvalue weighted by molar-refractivity contribution is 0.101. The summed E-state index contributed by atoms with van der Waals surface area (Å²) >= 11 is 0. The third-order valence-electron chi connectivity index (χ3n) is 2.66. The molecule has 0 amide bonds. The minimum absolute atomic E-state index is 0.120. The highest BCUT2D eigenvalue weighted by molar-refractivity contribution is 5.95. The molecule has 1 aromatic carbocycles. The second kappa shape index (κ2) is 5.15. The highest BCUT2D eigenvalue weighted by Gasteiger charge is 2.14. The van der Waals surface area contributed by atoms with Gasteiger partial charge in [0.25, 0.3) is 0 Å². The molecule has 0 spiro atoms. The zero-order valence-electron chi connectivity index (χ0n) is 10.8. The summed E-state index contributed by atoms with van der Waals surface area (Å²) in [5.74, 6) is 0.120. The molecule has 88 valence electrons. The maximum absolute atomic E-state index is 11.3. The van der Waals surface area contributed by atoms with Crippen LogP contribution >= 0.6 is 0 Å². The molecular weight excluding hydrogens is 198 g/mol. The summed E-state index contributed by atoms with van der Waals surface area (Å²) in [7, 11) is 0. The van der Waals surface area contributed by atoms with Crippen LogP contribution in [0.1, 0.15) is 45.0 Å². The largest absolute Gasteiger partial charge is 0.367 e. The van der Waals surface area contributed by atoms with Gasteiger partial charge in [0.2, 0.25) is 0 Å². The SMILES string of the molecule is CC(=O)c1cccc(N(C(C)C)C(C)C)c1. The average Bonchev–Trinajstić information content (AvgIpc) is 2.16. The van der Waals surface area contributed by atoms with E-state index in [1.807, 2.05) is 18.2 Å². The van der Waals surface area contributed by atoms with Crippen LogP contribution in [0.15, 0.2) is 24.3 Å². The maximum atomic E-state index is 11.3. The molecule has 16 heavy (non-hydrogen) atoms. The minimum Gasteiger partial charge on any atom is -0.367 e. The van der Waals surface area contributed by atoms with Gasteiger partial charge in [0.1, 0.15) is 0 Å². The van der Waals surface area contributed by atoms with Gasteiger partial charge in [0, 0.05) is 23.3 Å². The number of carbonyl (C=O) groups is 1. The molecule has 0 radical (unpaired) electrons. The minimum atomic E-state index is 0.120. The number of carbonyl (C=O) groups excluding carboxylic acids is 1. The summed E-state index contributed by atoms with van der Waals surface area (Å²) < 4.78 is 0. The van der Waals surface area contributed by atoms with Crippen molar-refractivity contribution in [2.45, 2.75) is 46.7 Å². The summed E-state index contributed by atoms with van der Waals surface area (Å²) in [4.78, 5) is 13.7. The quantitative estimate of drug-likeness (QED) is 0.722. The molecule has 0 unspecified atom stereocenters. The van der Waals surface area contributed by atoms with E-state index in [-0.39, 0.29) is 5.78 Å². The lowest BCUT2D eigenvalue weighted by Crippen LogP contribution is -2.37. The third-order valence-corrected chi connectivity index (χ3v) is 2.66. The fourth-order valence-corrected chi connectivity index (χ4v) is 2.08. The number of hydrogen-bond acceptors (Lipinski definition) is 2. The van der Waals surface area contributed by atoms with E-state index in [1.165, 1.54) is 0 Å². The van der Waals surface area contributed by atoms with Crippen molar-refractivity contribution in [2.75, 3.05) is 4.90 Å². The van der Waals surface area contributed by atoms with Gasteiger partial charge in [-0.1, -0.05) is 12.1 Å². The Morgan fingerprint density at radius 1 is 1.12 bits per heavy atom. The van der Waals surface area contributed by atoms with Crippen LogP contribution in [0, 0.1) is 0 Å². The zero-order valence-corrected chi connectivity index (χ0v) is 10.8. The summed E-state index contributed by atoms with van der Waals surface area (Å²) in [6.07, 6.45) is 0. The summed E-state index contributed by atoms with van der Waals surface area (Å²) in [5.41, 5.74) is 1.90. The van der Waals surface area contributed by atoms with E-state index in [1.54, 1.807) is 6.92 Å². The van der Waals surface area contributed by atoms with Crippen LogP contribution in [0.5, 0.6) is 0 Å². The predicted molar refractivity (Wildman–Crippen MR) is 69.2 cm³/mol. The molecule has 0 aliphatic rings. The van der Waals surface area contributed by atoms with Crippen molar-refractivity contribution >= 4 is 11.5 Å². The highest BCUT2D eigenvalue weighted by Crippen LogP contribution is 2.21. The number of benzene rings is 1. The topological polar surface area (TPSA) is 20.3 Å². The summed E-state index contributed by atoms with van der Waals surface area (Å²) in [6, 6.07) is 8.72. The molecule has 2 nitrogen and oxygen atoms in total. The van der Waals surface area contributed by atoms with E-state index < -0.39 is 0 Å². The lowest BCUT2D eigenvalue weighted by atomic mass is 10.1. The first-order valence-corrected chi connectivity index (χ1v) is 5.82. The van der Waals surface area contributed by atoms with E-state index in [9.17, 15) is 4.79 Å². The lowest BCUT2D eigenvalue weighted by Gasteiger charge is -2.33. The highest BCUT2D eigenvalue weighted by atomic mass is 16.1. The Balaban J connectivity index is 3.10. The van der Waals surface area contributed by atoms with Gasteiger partial charge in [0.05, 0.1) is 0 Å². The van der Waals surface area contributed by atoms with Gasteiger partial charge < -0.3 is 4.90 Å². The second-order valence-corrected chi connectivity index (χ2v) is 4.70. The van der Waals surface area contributed by atoms with E-state index >= 15 is 0 Å². The number of rotatable bonds is 4. The molecule has 2 heteroatoms. The Kier molecular flexibility index (Phi) is 4.11. The Morgan fingerprint density at radius 2 is 1.69 bits per heavy atom. The molecule has 0 aliphatic heterocycles. The van der Waals surface area contributed by atoms with E-state index in [4.69, 9.17) is 0 Å². The van der Waals surface area contributed by atoms with Crippen LogP contribution in [-0.2, 0) is 0 Å². The molecule has 0 bridgehead atoms. The molecule has 0 aliphatic carbocycles. The van der Waals surface area contributed by atoms with Gasteiger partial charge in [-0.05, 0) is 46.8 Å². The number of hydrogen-bond donors (Lipinski definition) is 0. The molecular formula is C14H21NO. The van der Waals surface area contributed by atoms with Crippen molar-refractivity contribution in [2.24, 2.45) is 0 Å². The first kappa shape index (κ1) is 12.8.